The van der Waals surface area contributed by atoms with E-state index in [1.165, 1.54) is 4.68 Å². The molecule has 0 aliphatic heterocycles. The lowest BCUT2D eigenvalue weighted by Crippen LogP contribution is -2.12. The number of carboxylic acid groups (broad SMARTS) is 1. The van der Waals surface area contributed by atoms with E-state index >= 15 is 0 Å². The fourth-order valence-electron chi connectivity index (χ4n) is 1.64. The van der Waals surface area contributed by atoms with Gasteiger partial charge in [0.1, 0.15) is 0 Å². The maximum Gasteiger partial charge on any atom is 0.358 e. The predicted octanol–water partition coefficient (Wildman–Crippen LogP) is 0.00350. The SMILES string of the molecule is COCCc1c(C(=O)O)nnn1Cc1cnccn1. The average molecular weight is 263 g/mol. The van der Waals surface area contributed by atoms with Gasteiger partial charge in [-0.1, -0.05) is 5.21 Å². The molecule has 100 valence electrons. The third-order valence-corrected chi connectivity index (χ3v) is 2.51. The van der Waals surface area contributed by atoms with Gasteiger partial charge < -0.3 is 9.84 Å². The molecule has 0 saturated carbocycles. The fourth-order valence-corrected chi connectivity index (χ4v) is 1.64. The monoisotopic (exact) mass is 263 g/mol. The zero-order valence-electron chi connectivity index (χ0n) is 10.4. The van der Waals surface area contributed by atoms with Crippen LogP contribution >= 0.6 is 0 Å². The molecule has 0 aliphatic carbocycles. The summed E-state index contributed by atoms with van der Waals surface area (Å²) in [7, 11) is 1.55. The van der Waals surface area contributed by atoms with Gasteiger partial charge in [0.2, 0.25) is 0 Å². The number of carbonyl (C=O) groups is 1. The third-order valence-electron chi connectivity index (χ3n) is 2.51. The van der Waals surface area contributed by atoms with Crippen molar-refractivity contribution >= 4 is 5.97 Å². The van der Waals surface area contributed by atoms with Gasteiger partial charge in [-0.25, -0.2) is 9.48 Å². The van der Waals surface area contributed by atoms with Crippen molar-refractivity contribution in [3.05, 3.63) is 35.7 Å². The van der Waals surface area contributed by atoms with E-state index < -0.39 is 5.97 Å². The molecule has 8 nitrogen and oxygen atoms in total. The number of aromatic nitrogens is 5. The molecule has 0 spiro atoms. The van der Waals surface area contributed by atoms with E-state index in [0.29, 0.717) is 31.0 Å². The van der Waals surface area contributed by atoms with Crippen LogP contribution in [0.4, 0.5) is 0 Å². The van der Waals surface area contributed by atoms with E-state index in [4.69, 9.17) is 9.84 Å². The highest BCUT2D eigenvalue weighted by atomic mass is 16.5. The number of rotatable bonds is 6. The molecule has 2 rings (SSSR count). The Morgan fingerprint density at radius 2 is 2.32 bits per heavy atom. The second-order valence-corrected chi connectivity index (χ2v) is 3.79. The van der Waals surface area contributed by atoms with Crippen LogP contribution in [0.3, 0.4) is 0 Å². The number of ether oxygens (including phenoxy) is 1. The summed E-state index contributed by atoms with van der Waals surface area (Å²) in [5.74, 6) is -1.10. The van der Waals surface area contributed by atoms with Crippen molar-refractivity contribution in [2.75, 3.05) is 13.7 Å². The van der Waals surface area contributed by atoms with Gasteiger partial charge in [-0.3, -0.25) is 9.97 Å². The van der Waals surface area contributed by atoms with Crippen LogP contribution in [0.15, 0.2) is 18.6 Å². The highest BCUT2D eigenvalue weighted by Crippen LogP contribution is 2.08. The van der Waals surface area contributed by atoms with Gasteiger partial charge in [0.05, 0.1) is 30.7 Å². The number of aromatic carboxylic acids is 1. The largest absolute Gasteiger partial charge is 0.476 e. The molecular formula is C11H13N5O3. The molecule has 0 atom stereocenters. The standard InChI is InChI=1S/C11H13N5O3/c1-19-5-2-9-10(11(17)18)14-15-16(9)7-8-6-12-3-4-13-8/h3-4,6H,2,5,7H2,1H3,(H,17,18). The first-order chi connectivity index (χ1) is 9.22. The zero-order chi connectivity index (χ0) is 13.7. The minimum absolute atomic E-state index is 0.0547. The highest BCUT2D eigenvalue weighted by Gasteiger charge is 2.18. The van der Waals surface area contributed by atoms with E-state index in [1.54, 1.807) is 25.7 Å². The first-order valence-corrected chi connectivity index (χ1v) is 5.62. The molecular weight excluding hydrogens is 250 g/mol. The second kappa shape index (κ2) is 6.01. The normalized spacial score (nSPS) is 10.6. The number of methoxy groups -OCH3 is 1. The van der Waals surface area contributed by atoms with Crippen LogP contribution in [0.1, 0.15) is 21.9 Å². The van der Waals surface area contributed by atoms with Crippen molar-refractivity contribution in [2.24, 2.45) is 0 Å². The Balaban J connectivity index is 2.26. The van der Waals surface area contributed by atoms with Crippen molar-refractivity contribution in [3.63, 3.8) is 0 Å². The number of carboxylic acids is 1. The Kier molecular flexibility index (Phi) is 4.14. The van der Waals surface area contributed by atoms with Crippen LogP contribution in [0.2, 0.25) is 0 Å². The van der Waals surface area contributed by atoms with Crippen molar-refractivity contribution in [1.82, 2.24) is 25.0 Å². The van der Waals surface area contributed by atoms with Gasteiger partial charge >= 0.3 is 5.97 Å². The molecule has 2 heterocycles. The average Bonchev–Trinajstić information content (AvgIpc) is 2.80. The van der Waals surface area contributed by atoms with E-state index in [0.717, 1.165) is 0 Å². The van der Waals surface area contributed by atoms with Gasteiger partial charge in [-0.05, 0) is 0 Å². The maximum atomic E-state index is 11.1. The first-order valence-electron chi connectivity index (χ1n) is 5.62. The molecule has 0 aliphatic rings. The van der Waals surface area contributed by atoms with Crippen LogP contribution < -0.4 is 0 Å². The Labute approximate surface area is 109 Å². The van der Waals surface area contributed by atoms with Gasteiger partial charge in [0.25, 0.3) is 0 Å². The summed E-state index contributed by atoms with van der Waals surface area (Å²) in [6.07, 6.45) is 5.16. The summed E-state index contributed by atoms with van der Waals surface area (Å²) in [5.41, 5.74) is 1.14. The summed E-state index contributed by atoms with van der Waals surface area (Å²) < 4.78 is 6.47. The topological polar surface area (TPSA) is 103 Å². The van der Waals surface area contributed by atoms with Crippen LogP contribution in [0.25, 0.3) is 0 Å². The summed E-state index contributed by atoms with van der Waals surface area (Å²) in [6.45, 7) is 0.724. The lowest BCUT2D eigenvalue weighted by Gasteiger charge is -2.05. The smallest absolute Gasteiger partial charge is 0.358 e. The van der Waals surface area contributed by atoms with Crippen LogP contribution in [-0.4, -0.2) is 49.8 Å². The number of nitrogens with zero attached hydrogens (tertiary/aromatic N) is 5. The van der Waals surface area contributed by atoms with Gasteiger partial charge in [0.15, 0.2) is 5.69 Å². The van der Waals surface area contributed by atoms with Crippen LogP contribution in [0.5, 0.6) is 0 Å². The highest BCUT2D eigenvalue weighted by molar-refractivity contribution is 5.86. The van der Waals surface area contributed by atoms with Crippen molar-refractivity contribution in [2.45, 2.75) is 13.0 Å². The molecule has 0 unspecified atom stereocenters. The van der Waals surface area contributed by atoms with Crippen LogP contribution in [0, 0.1) is 0 Å². The third kappa shape index (κ3) is 3.10. The summed E-state index contributed by atoms with van der Waals surface area (Å²) in [5, 5.41) is 16.6. The van der Waals surface area contributed by atoms with Gasteiger partial charge in [-0.2, -0.15) is 0 Å². The molecule has 0 fully saturated rings. The number of hydrogen-bond acceptors (Lipinski definition) is 6. The molecule has 8 heteroatoms. The number of hydrogen-bond donors (Lipinski definition) is 1. The second-order valence-electron chi connectivity index (χ2n) is 3.79. The van der Waals surface area contributed by atoms with Gasteiger partial charge in [-0.15, -0.1) is 5.10 Å². The molecule has 0 radical (unpaired) electrons. The Morgan fingerprint density at radius 3 is 2.95 bits per heavy atom. The van der Waals surface area contributed by atoms with Crippen molar-refractivity contribution < 1.29 is 14.6 Å². The quantitative estimate of drug-likeness (QED) is 0.782. The van der Waals surface area contributed by atoms with Crippen LogP contribution in [-0.2, 0) is 17.7 Å². The summed E-state index contributed by atoms with van der Waals surface area (Å²) in [4.78, 5) is 19.1. The Hall–Kier alpha value is -2.35. The first kappa shape index (κ1) is 13.1. The van der Waals surface area contributed by atoms with Crippen molar-refractivity contribution in [1.29, 1.82) is 0 Å². The Morgan fingerprint density at radius 1 is 1.47 bits per heavy atom. The molecule has 0 bridgehead atoms. The molecule has 2 aromatic heterocycles. The fraction of sp³-hybridized carbons (Fsp3) is 0.364. The van der Waals surface area contributed by atoms with E-state index in [1.807, 2.05) is 0 Å². The zero-order valence-corrected chi connectivity index (χ0v) is 10.4. The molecule has 0 saturated heterocycles. The summed E-state index contributed by atoms with van der Waals surface area (Å²) >= 11 is 0. The van der Waals surface area contributed by atoms with E-state index in [2.05, 4.69) is 20.3 Å². The van der Waals surface area contributed by atoms with Gasteiger partial charge in [0, 0.05) is 25.9 Å². The minimum Gasteiger partial charge on any atom is -0.476 e. The molecule has 0 amide bonds. The molecule has 19 heavy (non-hydrogen) atoms. The lowest BCUT2D eigenvalue weighted by atomic mass is 10.2. The molecule has 1 N–H and O–H groups in total. The van der Waals surface area contributed by atoms with E-state index in [9.17, 15) is 4.79 Å². The molecule has 2 aromatic rings. The maximum absolute atomic E-state index is 11.1. The van der Waals surface area contributed by atoms with Crippen molar-refractivity contribution in [3.8, 4) is 0 Å². The Bertz CT molecular complexity index is 555. The van der Waals surface area contributed by atoms with E-state index in [-0.39, 0.29) is 5.69 Å². The minimum atomic E-state index is -1.10. The molecule has 0 aromatic carbocycles. The lowest BCUT2D eigenvalue weighted by molar-refractivity contribution is 0.0688. The summed E-state index contributed by atoms with van der Waals surface area (Å²) in [6, 6.07) is 0. The predicted molar refractivity (Wildman–Crippen MR) is 63.7 cm³/mol.